The molecule has 1 amide bonds. The molecule has 0 aliphatic rings. The van der Waals surface area contributed by atoms with E-state index in [9.17, 15) is 4.79 Å². The third kappa shape index (κ3) is 5.81. The number of rotatable bonds is 9. The van der Waals surface area contributed by atoms with Crippen molar-refractivity contribution < 1.29 is 9.53 Å². The Hall–Kier alpha value is -2.38. The van der Waals surface area contributed by atoms with E-state index in [0.717, 1.165) is 16.5 Å². The molecular formula is C21H23N3O2S2. The topological polar surface area (TPSA) is 64.1 Å². The summed E-state index contributed by atoms with van der Waals surface area (Å²) in [7, 11) is 0. The second-order valence-corrected chi connectivity index (χ2v) is 8.35. The SMILES string of the molecule is CCc1ccc(OC(CC)C(=O)Nc2nnc(SCc3ccccc3)s2)cc1. The second-order valence-electron chi connectivity index (χ2n) is 6.15. The Bertz CT molecular complexity index is 882. The zero-order chi connectivity index (χ0) is 19.8. The van der Waals surface area contributed by atoms with Crippen LogP contribution >= 0.6 is 23.1 Å². The van der Waals surface area contributed by atoms with E-state index in [1.54, 1.807) is 11.8 Å². The molecule has 2 aromatic carbocycles. The number of amides is 1. The molecule has 1 aromatic heterocycles. The first-order chi connectivity index (χ1) is 13.7. The number of thioether (sulfide) groups is 1. The van der Waals surface area contributed by atoms with Crippen molar-refractivity contribution in [2.75, 3.05) is 5.32 Å². The number of hydrogen-bond acceptors (Lipinski definition) is 6. The van der Waals surface area contributed by atoms with Crippen LogP contribution < -0.4 is 10.1 Å². The number of benzene rings is 2. The van der Waals surface area contributed by atoms with Crippen LogP contribution in [0.4, 0.5) is 5.13 Å². The maximum atomic E-state index is 12.6. The summed E-state index contributed by atoms with van der Waals surface area (Å²) in [5, 5.41) is 11.5. The van der Waals surface area contributed by atoms with Crippen molar-refractivity contribution in [3.05, 3.63) is 65.7 Å². The lowest BCUT2D eigenvalue weighted by atomic mass is 10.2. The first-order valence-corrected chi connectivity index (χ1v) is 11.0. The summed E-state index contributed by atoms with van der Waals surface area (Å²) >= 11 is 2.98. The molecule has 1 N–H and O–H groups in total. The van der Waals surface area contributed by atoms with Crippen LogP contribution in [0.25, 0.3) is 0 Å². The molecule has 3 rings (SSSR count). The fraction of sp³-hybridized carbons (Fsp3) is 0.286. The number of aromatic nitrogens is 2. The fourth-order valence-corrected chi connectivity index (χ4v) is 4.22. The van der Waals surface area contributed by atoms with Crippen LogP contribution in [0.1, 0.15) is 31.4 Å². The Labute approximate surface area is 173 Å². The number of nitrogens with one attached hydrogen (secondary N) is 1. The van der Waals surface area contributed by atoms with Crippen molar-refractivity contribution in [3.8, 4) is 5.75 Å². The third-order valence-corrected chi connectivity index (χ3v) is 6.16. The lowest BCUT2D eigenvalue weighted by Crippen LogP contribution is -2.32. The average Bonchev–Trinajstić information content (AvgIpc) is 3.19. The van der Waals surface area contributed by atoms with E-state index in [1.165, 1.54) is 22.5 Å². The lowest BCUT2D eigenvalue weighted by Gasteiger charge is -2.16. The third-order valence-electron chi connectivity index (χ3n) is 4.11. The van der Waals surface area contributed by atoms with E-state index in [1.807, 2.05) is 49.4 Å². The van der Waals surface area contributed by atoms with Crippen LogP contribution in [0.2, 0.25) is 0 Å². The monoisotopic (exact) mass is 413 g/mol. The molecule has 0 radical (unpaired) electrons. The van der Waals surface area contributed by atoms with Crippen LogP contribution in [0, 0.1) is 0 Å². The molecule has 0 bridgehead atoms. The van der Waals surface area contributed by atoms with E-state index in [-0.39, 0.29) is 5.91 Å². The summed E-state index contributed by atoms with van der Waals surface area (Å²) in [6, 6.07) is 18.0. The Kier molecular flexibility index (Phi) is 7.45. The quantitative estimate of drug-likeness (QED) is 0.386. The lowest BCUT2D eigenvalue weighted by molar-refractivity contribution is -0.122. The van der Waals surface area contributed by atoms with Crippen LogP contribution in [-0.4, -0.2) is 22.2 Å². The summed E-state index contributed by atoms with van der Waals surface area (Å²) in [4.78, 5) is 12.6. The molecular weight excluding hydrogens is 390 g/mol. The van der Waals surface area contributed by atoms with Crippen LogP contribution in [-0.2, 0) is 17.0 Å². The molecule has 1 atom stereocenters. The van der Waals surface area contributed by atoms with Crippen molar-refractivity contribution in [1.29, 1.82) is 0 Å². The van der Waals surface area contributed by atoms with Gasteiger partial charge in [0.1, 0.15) is 5.75 Å². The molecule has 1 unspecified atom stereocenters. The van der Waals surface area contributed by atoms with E-state index in [0.29, 0.717) is 17.3 Å². The van der Waals surface area contributed by atoms with Crippen molar-refractivity contribution >= 4 is 34.1 Å². The van der Waals surface area contributed by atoms with E-state index in [2.05, 4.69) is 34.6 Å². The maximum Gasteiger partial charge on any atom is 0.267 e. The molecule has 0 aliphatic carbocycles. The molecule has 28 heavy (non-hydrogen) atoms. The number of nitrogens with zero attached hydrogens (tertiary/aromatic N) is 2. The summed E-state index contributed by atoms with van der Waals surface area (Å²) in [6.07, 6.45) is 0.965. The molecule has 3 aromatic rings. The highest BCUT2D eigenvalue weighted by Crippen LogP contribution is 2.28. The minimum absolute atomic E-state index is 0.210. The Balaban J connectivity index is 1.54. The van der Waals surface area contributed by atoms with Gasteiger partial charge in [0.15, 0.2) is 10.4 Å². The predicted octanol–water partition coefficient (Wildman–Crippen LogP) is 5.19. The Morgan fingerprint density at radius 1 is 1.07 bits per heavy atom. The highest BCUT2D eigenvalue weighted by molar-refractivity contribution is 8.00. The molecule has 0 saturated carbocycles. The van der Waals surface area contributed by atoms with Crippen molar-refractivity contribution in [1.82, 2.24) is 10.2 Å². The van der Waals surface area contributed by atoms with Gasteiger partial charge < -0.3 is 4.74 Å². The fourth-order valence-electron chi connectivity index (χ4n) is 2.51. The first kappa shape index (κ1) is 20.4. The standard InChI is InChI=1S/C21H23N3O2S2/c1-3-15-10-12-17(13-11-15)26-18(4-2)19(25)22-20-23-24-21(28-20)27-14-16-8-6-5-7-9-16/h5-13,18H,3-4,14H2,1-2H3,(H,22,23,25). The van der Waals surface area contributed by atoms with Gasteiger partial charge in [-0.15, -0.1) is 10.2 Å². The highest BCUT2D eigenvalue weighted by atomic mass is 32.2. The number of carbonyl (C=O) groups excluding carboxylic acids is 1. The number of hydrogen-bond donors (Lipinski definition) is 1. The predicted molar refractivity (Wildman–Crippen MR) is 115 cm³/mol. The van der Waals surface area contributed by atoms with Gasteiger partial charge in [-0.3, -0.25) is 10.1 Å². The van der Waals surface area contributed by atoms with E-state index < -0.39 is 6.10 Å². The highest BCUT2D eigenvalue weighted by Gasteiger charge is 2.20. The Morgan fingerprint density at radius 2 is 1.82 bits per heavy atom. The minimum atomic E-state index is -0.572. The largest absolute Gasteiger partial charge is 0.481 e. The maximum absolute atomic E-state index is 12.6. The molecule has 7 heteroatoms. The van der Waals surface area contributed by atoms with Gasteiger partial charge >= 0.3 is 0 Å². The number of anilines is 1. The summed E-state index contributed by atoms with van der Waals surface area (Å²) in [6.45, 7) is 4.03. The van der Waals surface area contributed by atoms with Gasteiger partial charge in [-0.25, -0.2) is 0 Å². The van der Waals surface area contributed by atoms with Gasteiger partial charge in [0, 0.05) is 5.75 Å². The average molecular weight is 414 g/mol. The van der Waals surface area contributed by atoms with E-state index >= 15 is 0 Å². The van der Waals surface area contributed by atoms with Gasteiger partial charge in [0.05, 0.1) is 0 Å². The molecule has 1 heterocycles. The van der Waals surface area contributed by atoms with Crippen LogP contribution in [0.3, 0.4) is 0 Å². The smallest absolute Gasteiger partial charge is 0.267 e. The second kappa shape index (κ2) is 10.2. The van der Waals surface area contributed by atoms with Crippen LogP contribution in [0.5, 0.6) is 5.75 Å². The number of ether oxygens (including phenoxy) is 1. The number of aryl methyl sites for hydroxylation is 1. The Morgan fingerprint density at radius 3 is 2.50 bits per heavy atom. The summed E-state index contributed by atoms with van der Waals surface area (Å²) in [5.74, 6) is 1.30. The normalized spacial score (nSPS) is 11.8. The molecule has 146 valence electrons. The van der Waals surface area contributed by atoms with Gasteiger partial charge in [0.2, 0.25) is 5.13 Å². The molecule has 0 fully saturated rings. The number of carbonyl (C=O) groups is 1. The summed E-state index contributed by atoms with van der Waals surface area (Å²) in [5.41, 5.74) is 2.46. The van der Waals surface area contributed by atoms with Crippen molar-refractivity contribution in [3.63, 3.8) is 0 Å². The zero-order valence-electron chi connectivity index (χ0n) is 15.9. The van der Waals surface area contributed by atoms with Crippen LogP contribution in [0.15, 0.2) is 58.9 Å². The molecule has 0 saturated heterocycles. The van der Waals surface area contributed by atoms with Crippen molar-refractivity contribution in [2.24, 2.45) is 0 Å². The zero-order valence-corrected chi connectivity index (χ0v) is 17.6. The summed E-state index contributed by atoms with van der Waals surface area (Å²) < 4.78 is 6.67. The molecule has 0 spiro atoms. The first-order valence-electron chi connectivity index (χ1n) is 9.24. The van der Waals surface area contributed by atoms with Gasteiger partial charge in [0.25, 0.3) is 5.91 Å². The van der Waals surface area contributed by atoms with Gasteiger partial charge in [-0.1, -0.05) is 79.4 Å². The van der Waals surface area contributed by atoms with E-state index in [4.69, 9.17) is 4.74 Å². The minimum Gasteiger partial charge on any atom is -0.481 e. The molecule has 0 aliphatic heterocycles. The van der Waals surface area contributed by atoms with Gasteiger partial charge in [-0.05, 0) is 36.1 Å². The van der Waals surface area contributed by atoms with Gasteiger partial charge in [-0.2, -0.15) is 0 Å². The van der Waals surface area contributed by atoms with Crippen molar-refractivity contribution in [2.45, 2.75) is 42.9 Å². The molecule has 5 nitrogen and oxygen atoms in total.